The van der Waals surface area contributed by atoms with Gasteiger partial charge in [-0.25, -0.2) is 13.2 Å². The Kier molecular flexibility index (Phi) is 5.62. The van der Waals surface area contributed by atoms with Gasteiger partial charge >= 0.3 is 6.03 Å². The van der Waals surface area contributed by atoms with E-state index in [-0.39, 0.29) is 10.9 Å². The Morgan fingerprint density at radius 1 is 1.08 bits per heavy atom. The predicted octanol–water partition coefficient (Wildman–Crippen LogP) is 2.81. The van der Waals surface area contributed by atoms with Gasteiger partial charge in [-0.3, -0.25) is 0 Å². The summed E-state index contributed by atoms with van der Waals surface area (Å²) >= 11 is 0. The van der Waals surface area contributed by atoms with Crippen molar-refractivity contribution in [2.24, 2.45) is 0 Å². The topological polar surface area (TPSA) is 75.3 Å². The lowest BCUT2D eigenvalue weighted by Gasteiger charge is -2.21. The molecule has 0 bridgehead atoms. The van der Waals surface area contributed by atoms with E-state index in [1.54, 1.807) is 18.2 Å². The van der Waals surface area contributed by atoms with Gasteiger partial charge in [0.2, 0.25) is 0 Å². The minimum Gasteiger partial charge on any atom is -0.338 e. The van der Waals surface area contributed by atoms with Crippen LogP contribution in [0.15, 0.2) is 53.4 Å². The molecule has 1 atom stereocenters. The summed E-state index contributed by atoms with van der Waals surface area (Å²) in [6.07, 6.45) is 1.17. The zero-order valence-corrected chi connectivity index (χ0v) is 14.9. The molecule has 0 saturated heterocycles. The van der Waals surface area contributed by atoms with E-state index in [1.165, 1.54) is 6.26 Å². The number of rotatable bonds is 5. The summed E-state index contributed by atoms with van der Waals surface area (Å²) in [6, 6.07) is 13.7. The van der Waals surface area contributed by atoms with Gasteiger partial charge in [-0.1, -0.05) is 42.0 Å². The molecule has 0 radical (unpaired) electrons. The van der Waals surface area contributed by atoms with Crippen molar-refractivity contribution in [3.63, 3.8) is 0 Å². The maximum absolute atomic E-state index is 12.0. The first-order valence-corrected chi connectivity index (χ1v) is 9.61. The molecule has 2 aromatic rings. The fourth-order valence-corrected chi connectivity index (χ4v) is 3.06. The number of hydrogen-bond donors (Lipinski definition) is 2. The number of aryl methyl sites for hydroxylation is 1. The molecule has 6 heteroatoms. The lowest BCUT2D eigenvalue weighted by atomic mass is 9.98. The number of urea groups is 1. The standard InChI is InChI=1S/C18H22N2O3S/c1-4-19-18(21)20-17(14-10-8-13(2)9-11-14)15-6-5-7-16(12-15)24(3,22)23/h5-12,17H,4H2,1-3H3,(H2,19,20,21)/t17-/m0/s1. The van der Waals surface area contributed by atoms with Crippen LogP contribution in [-0.4, -0.2) is 27.2 Å². The minimum atomic E-state index is -3.31. The van der Waals surface area contributed by atoms with Crippen LogP contribution in [0.1, 0.15) is 29.7 Å². The third-order valence-electron chi connectivity index (χ3n) is 3.64. The second-order valence-corrected chi connectivity index (χ2v) is 7.71. The van der Waals surface area contributed by atoms with Gasteiger partial charge in [0.25, 0.3) is 0 Å². The molecule has 0 heterocycles. The number of hydrogen-bond acceptors (Lipinski definition) is 3. The smallest absolute Gasteiger partial charge is 0.315 e. The third-order valence-corrected chi connectivity index (χ3v) is 4.75. The Hall–Kier alpha value is -2.34. The van der Waals surface area contributed by atoms with Crippen LogP contribution in [0.5, 0.6) is 0 Å². The Balaban J connectivity index is 2.45. The number of amides is 2. The van der Waals surface area contributed by atoms with Crippen molar-refractivity contribution >= 4 is 15.9 Å². The molecular formula is C18H22N2O3S. The van der Waals surface area contributed by atoms with Crippen molar-refractivity contribution in [3.8, 4) is 0 Å². The van der Waals surface area contributed by atoms with E-state index in [2.05, 4.69) is 10.6 Å². The third kappa shape index (κ3) is 4.58. The fraction of sp³-hybridized carbons (Fsp3) is 0.278. The number of nitrogens with one attached hydrogen (secondary N) is 2. The zero-order chi connectivity index (χ0) is 17.7. The number of sulfone groups is 1. The SMILES string of the molecule is CCNC(=O)N[C@@H](c1ccc(C)cc1)c1cccc(S(C)(=O)=O)c1. The van der Waals surface area contributed by atoms with Crippen molar-refractivity contribution < 1.29 is 13.2 Å². The Labute approximate surface area is 143 Å². The van der Waals surface area contributed by atoms with E-state index in [1.807, 2.05) is 44.2 Å². The molecule has 128 valence electrons. The summed E-state index contributed by atoms with van der Waals surface area (Å²) in [5.74, 6) is 0. The van der Waals surface area contributed by atoms with E-state index in [0.717, 1.165) is 11.1 Å². The highest BCUT2D eigenvalue weighted by molar-refractivity contribution is 7.90. The molecule has 2 rings (SSSR count). The second-order valence-electron chi connectivity index (χ2n) is 5.69. The normalized spacial score (nSPS) is 12.5. The summed E-state index contributed by atoms with van der Waals surface area (Å²) in [7, 11) is -3.31. The van der Waals surface area contributed by atoms with Crippen LogP contribution >= 0.6 is 0 Å². The first-order valence-electron chi connectivity index (χ1n) is 7.72. The van der Waals surface area contributed by atoms with Crippen LogP contribution in [-0.2, 0) is 9.84 Å². The molecule has 2 aromatic carbocycles. The molecule has 0 fully saturated rings. The predicted molar refractivity (Wildman–Crippen MR) is 94.8 cm³/mol. The summed E-state index contributed by atoms with van der Waals surface area (Å²) in [6.45, 7) is 4.33. The highest BCUT2D eigenvalue weighted by atomic mass is 32.2. The van der Waals surface area contributed by atoms with Gasteiger partial charge in [0, 0.05) is 12.8 Å². The number of carbonyl (C=O) groups is 1. The summed E-state index contributed by atoms with van der Waals surface area (Å²) in [4.78, 5) is 12.2. The molecule has 24 heavy (non-hydrogen) atoms. The average molecular weight is 346 g/mol. The number of carbonyl (C=O) groups excluding carboxylic acids is 1. The van der Waals surface area contributed by atoms with Crippen LogP contribution in [0, 0.1) is 6.92 Å². The Morgan fingerprint density at radius 2 is 1.75 bits per heavy atom. The first-order chi connectivity index (χ1) is 11.3. The largest absolute Gasteiger partial charge is 0.338 e. The molecule has 0 aromatic heterocycles. The van der Waals surface area contributed by atoms with Crippen LogP contribution in [0.3, 0.4) is 0 Å². The van der Waals surface area contributed by atoms with Gasteiger partial charge in [-0.15, -0.1) is 0 Å². The van der Waals surface area contributed by atoms with Crippen molar-refractivity contribution in [1.29, 1.82) is 0 Å². The maximum atomic E-state index is 12.0. The highest BCUT2D eigenvalue weighted by Gasteiger charge is 2.18. The van der Waals surface area contributed by atoms with Gasteiger partial charge in [-0.2, -0.15) is 0 Å². The number of benzene rings is 2. The molecule has 0 aliphatic carbocycles. The van der Waals surface area contributed by atoms with Gasteiger partial charge in [-0.05, 0) is 37.1 Å². The summed E-state index contributed by atoms with van der Waals surface area (Å²) < 4.78 is 23.6. The van der Waals surface area contributed by atoms with E-state index >= 15 is 0 Å². The molecule has 2 N–H and O–H groups in total. The molecule has 2 amide bonds. The minimum absolute atomic E-state index is 0.231. The molecule has 0 aliphatic rings. The highest BCUT2D eigenvalue weighted by Crippen LogP contribution is 2.24. The zero-order valence-electron chi connectivity index (χ0n) is 14.0. The Bertz CT molecular complexity index is 814. The molecule has 0 aliphatic heterocycles. The molecule has 0 spiro atoms. The first kappa shape index (κ1) is 18.0. The van der Waals surface area contributed by atoms with Gasteiger partial charge < -0.3 is 10.6 Å². The fourth-order valence-electron chi connectivity index (χ4n) is 2.39. The van der Waals surface area contributed by atoms with Crippen molar-refractivity contribution in [1.82, 2.24) is 10.6 Å². The van der Waals surface area contributed by atoms with Crippen LogP contribution in [0.2, 0.25) is 0 Å². The van der Waals surface area contributed by atoms with Crippen LogP contribution in [0.4, 0.5) is 4.79 Å². The van der Waals surface area contributed by atoms with E-state index < -0.39 is 15.9 Å². The van der Waals surface area contributed by atoms with E-state index in [0.29, 0.717) is 12.1 Å². The molecule has 5 nitrogen and oxygen atoms in total. The summed E-state index contributed by atoms with van der Waals surface area (Å²) in [5.41, 5.74) is 2.71. The van der Waals surface area contributed by atoms with Gasteiger partial charge in [0.15, 0.2) is 9.84 Å². The van der Waals surface area contributed by atoms with E-state index in [9.17, 15) is 13.2 Å². The summed E-state index contributed by atoms with van der Waals surface area (Å²) in [5, 5.41) is 5.61. The second kappa shape index (κ2) is 7.49. The molecule has 0 saturated carbocycles. The Morgan fingerprint density at radius 3 is 2.33 bits per heavy atom. The van der Waals surface area contributed by atoms with Gasteiger partial charge in [0.05, 0.1) is 10.9 Å². The lowest BCUT2D eigenvalue weighted by molar-refractivity contribution is 0.239. The quantitative estimate of drug-likeness (QED) is 0.874. The van der Waals surface area contributed by atoms with Crippen molar-refractivity contribution in [2.75, 3.05) is 12.8 Å². The average Bonchev–Trinajstić information content (AvgIpc) is 2.53. The van der Waals surface area contributed by atoms with E-state index in [4.69, 9.17) is 0 Å². The molecular weight excluding hydrogens is 324 g/mol. The molecule has 0 unspecified atom stereocenters. The van der Waals surface area contributed by atoms with Gasteiger partial charge in [0.1, 0.15) is 0 Å². The monoisotopic (exact) mass is 346 g/mol. The maximum Gasteiger partial charge on any atom is 0.315 e. The van der Waals surface area contributed by atoms with Crippen LogP contribution < -0.4 is 10.6 Å². The van der Waals surface area contributed by atoms with Crippen molar-refractivity contribution in [2.45, 2.75) is 24.8 Å². The lowest BCUT2D eigenvalue weighted by Crippen LogP contribution is -2.38. The van der Waals surface area contributed by atoms with Crippen LogP contribution in [0.25, 0.3) is 0 Å². The van der Waals surface area contributed by atoms with Crippen molar-refractivity contribution in [3.05, 3.63) is 65.2 Å².